The molecule has 14 heteroatoms. The Balaban J connectivity index is 1.75. The molecule has 0 saturated carbocycles. The first-order valence-electron chi connectivity index (χ1n) is 12.3. The van der Waals surface area contributed by atoms with Crippen LogP contribution in [0.5, 0.6) is 0 Å². The van der Waals surface area contributed by atoms with Gasteiger partial charge in [0, 0.05) is 31.7 Å². The van der Waals surface area contributed by atoms with Crippen LogP contribution in [0.15, 0.2) is 41.3 Å². The Labute approximate surface area is 221 Å². The topological polar surface area (TPSA) is 79.0 Å². The molecular weight excluding hydrogens is 552 g/mol. The van der Waals surface area contributed by atoms with Crippen molar-refractivity contribution in [3.63, 3.8) is 0 Å². The molecule has 0 aliphatic carbocycles. The Morgan fingerprint density at radius 2 is 1.36 bits per heavy atom. The highest BCUT2D eigenvalue weighted by atomic mass is 32.2. The number of carbonyl (C=O) groups excluding carboxylic acids is 1. The van der Waals surface area contributed by atoms with Crippen molar-refractivity contribution in [2.45, 2.75) is 42.9 Å². The number of carbonyl (C=O) groups is 1. The predicted octanol–water partition coefficient (Wildman–Crippen LogP) is 5.38. The summed E-state index contributed by atoms with van der Waals surface area (Å²) in [6.45, 7) is 1.79. The second-order valence-corrected chi connectivity index (χ2v) is 11.3. The van der Waals surface area contributed by atoms with Crippen LogP contribution < -0.4 is 10.2 Å². The van der Waals surface area contributed by atoms with Crippen molar-refractivity contribution >= 4 is 27.3 Å². The number of hydrogen-bond donors (Lipinski definition) is 1. The number of morpholine rings is 1. The molecule has 214 valence electrons. The van der Waals surface area contributed by atoms with Crippen LogP contribution in [-0.4, -0.2) is 58.0 Å². The number of anilines is 2. The third-order valence-corrected chi connectivity index (χ3v) is 8.52. The SMILES string of the molecule is O=C(Nc1cc(S(=O)(=O)N2CCOCC2)ccc1N1CCCCCC1)c1cc(C(F)(F)F)cc(C(F)(F)F)c1. The summed E-state index contributed by atoms with van der Waals surface area (Å²) in [7, 11) is -4.01. The largest absolute Gasteiger partial charge is 0.416 e. The molecule has 2 heterocycles. The summed E-state index contributed by atoms with van der Waals surface area (Å²) >= 11 is 0. The monoisotopic (exact) mass is 579 g/mol. The normalized spacial score (nSPS) is 18.1. The van der Waals surface area contributed by atoms with E-state index < -0.39 is 45.0 Å². The van der Waals surface area contributed by atoms with Crippen LogP contribution in [-0.2, 0) is 27.1 Å². The van der Waals surface area contributed by atoms with Gasteiger partial charge in [0.1, 0.15) is 0 Å². The zero-order valence-corrected chi connectivity index (χ0v) is 21.6. The van der Waals surface area contributed by atoms with Gasteiger partial charge in [0.2, 0.25) is 10.0 Å². The van der Waals surface area contributed by atoms with E-state index >= 15 is 0 Å². The van der Waals surface area contributed by atoms with E-state index in [0.717, 1.165) is 25.7 Å². The van der Waals surface area contributed by atoms with Gasteiger partial charge < -0.3 is 15.0 Å². The van der Waals surface area contributed by atoms with Crippen LogP contribution in [0.25, 0.3) is 0 Å². The van der Waals surface area contributed by atoms with Crippen LogP contribution in [0.4, 0.5) is 37.7 Å². The average molecular weight is 580 g/mol. The number of halogens is 6. The summed E-state index contributed by atoms with van der Waals surface area (Å²) in [5.74, 6) is -1.23. The minimum Gasteiger partial charge on any atom is -0.379 e. The van der Waals surface area contributed by atoms with Gasteiger partial charge in [0.15, 0.2) is 0 Å². The maximum atomic E-state index is 13.3. The second-order valence-electron chi connectivity index (χ2n) is 9.35. The highest BCUT2D eigenvalue weighted by molar-refractivity contribution is 7.89. The number of nitrogens with one attached hydrogen (secondary N) is 1. The van der Waals surface area contributed by atoms with Gasteiger partial charge in [-0.3, -0.25) is 4.79 Å². The molecule has 0 atom stereocenters. The molecule has 7 nitrogen and oxygen atoms in total. The average Bonchev–Trinajstić information content (AvgIpc) is 3.17. The summed E-state index contributed by atoms with van der Waals surface area (Å²) in [6.07, 6.45) is -6.68. The van der Waals surface area contributed by atoms with Crippen LogP contribution in [0.1, 0.15) is 47.2 Å². The summed E-state index contributed by atoms with van der Waals surface area (Å²) in [6, 6.07) is 4.69. The molecule has 0 bridgehead atoms. The Kier molecular flexibility index (Phi) is 8.47. The molecule has 0 unspecified atom stereocenters. The minimum absolute atomic E-state index is 0.0257. The van der Waals surface area contributed by atoms with Crippen LogP contribution in [0, 0.1) is 0 Å². The standard InChI is InChI=1S/C25H27F6N3O4S/c26-24(27,28)18-13-17(14-19(15-18)25(29,30)31)23(35)32-21-16-20(39(36,37)34-9-11-38-12-10-34)5-6-22(21)33-7-3-1-2-4-8-33/h5-6,13-16H,1-4,7-12H2,(H,32,35). The molecule has 1 amide bonds. The van der Waals surface area contributed by atoms with Crippen molar-refractivity contribution in [2.75, 3.05) is 49.6 Å². The van der Waals surface area contributed by atoms with E-state index in [-0.39, 0.29) is 43.0 Å². The van der Waals surface area contributed by atoms with Crippen LogP contribution >= 0.6 is 0 Å². The molecule has 2 fully saturated rings. The first-order valence-corrected chi connectivity index (χ1v) is 13.8. The second kappa shape index (κ2) is 11.3. The smallest absolute Gasteiger partial charge is 0.379 e. The number of nitrogens with zero attached hydrogens (tertiary/aromatic N) is 2. The molecule has 0 radical (unpaired) electrons. The van der Waals surface area contributed by atoms with E-state index in [1.165, 1.54) is 22.5 Å². The molecule has 2 aromatic carbocycles. The van der Waals surface area contributed by atoms with Crippen LogP contribution in [0.3, 0.4) is 0 Å². The number of sulfonamides is 1. The van der Waals surface area contributed by atoms with E-state index in [2.05, 4.69) is 5.32 Å². The van der Waals surface area contributed by atoms with Crippen molar-refractivity contribution in [1.29, 1.82) is 0 Å². The summed E-state index contributed by atoms with van der Waals surface area (Å²) in [5.41, 5.74) is -3.71. The first-order chi connectivity index (χ1) is 18.3. The van der Waals surface area contributed by atoms with Gasteiger partial charge in [-0.1, -0.05) is 12.8 Å². The van der Waals surface area contributed by atoms with Crippen LogP contribution in [0.2, 0.25) is 0 Å². The van der Waals surface area contributed by atoms with E-state index in [4.69, 9.17) is 4.74 Å². The molecule has 0 aromatic heterocycles. The Morgan fingerprint density at radius 1 is 0.795 bits per heavy atom. The molecule has 2 aliphatic heterocycles. The summed E-state index contributed by atoms with van der Waals surface area (Å²) in [4.78, 5) is 14.8. The van der Waals surface area contributed by atoms with Gasteiger partial charge in [-0.25, -0.2) is 8.42 Å². The van der Waals surface area contributed by atoms with Crippen molar-refractivity contribution in [3.05, 3.63) is 53.1 Å². The molecule has 39 heavy (non-hydrogen) atoms. The van der Waals surface area contributed by atoms with Crippen molar-refractivity contribution in [2.24, 2.45) is 0 Å². The molecule has 2 aliphatic rings. The van der Waals surface area contributed by atoms with Gasteiger partial charge in [-0.2, -0.15) is 30.6 Å². The third-order valence-electron chi connectivity index (χ3n) is 6.62. The van der Waals surface area contributed by atoms with Gasteiger partial charge in [0.05, 0.1) is 40.6 Å². The number of benzene rings is 2. The lowest BCUT2D eigenvalue weighted by atomic mass is 10.0. The lowest BCUT2D eigenvalue weighted by molar-refractivity contribution is -0.143. The zero-order chi connectivity index (χ0) is 28.4. The lowest BCUT2D eigenvalue weighted by Crippen LogP contribution is -2.40. The maximum Gasteiger partial charge on any atom is 0.416 e. The number of hydrogen-bond acceptors (Lipinski definition) is 5. The Morgan fingerprint density at radius 3 is 1.90 bits per heavy atom. The maximum absolute atomic E-state index is 13.3. The zero-order valence-electron chi connectivity index (χ0n) is 20.7. The lowest BCUT2D eigenvalue weighted by Gasteiger charge is -2.28. The number of alkyl halides is 6. The summed E-state index contributed by atoms with van der Waals surface area (Å²) in [5, 5.41) is 2.39. The summed E-state index contributed by atoms with van der Waals surface area (Å²) < 4.78 is 113. The van der Waals surface area contributed by atoms with Crippen molar-refractivity contribution < 1.29 is 44.3 Å². The molecule has 1 N–H and O–H groups in total. The van der Waals surface area contributed by atoms with Gasteiger partial charge in [-0.15, -0.1) is 0 Å². The number of ether oxygens (including phenoxy) is 1. The molecule has 0 spiro atoms. The highest BCUT2D eigenvalue weighted by Gasteiger charge is 2.38. The van der Waals surface area contributed by atoms with Crippen molar-refractivity contribution in [1.82, 2.24) is 4.31 Å². The van der Waals surface area contributed by atoms with Gasteiger partial charge in [-0.05, 0) is 49.2 Å². The predicted molar refractivity (Wildman–Crippen MR) is 131 cm³/mol. The quantitative estimate of drug-likeness (QED) is 0.482. The Bertz CT molecular complexity index is 1270. The minimum atomic E-state index is -5.13. The molecule has 4 rings (SSSR count). The first kappa shape index (κ1) is 29.2. The van der Waals surface area contributed by atoms with Gasteiger partial charge in [0.25, 0.3) is 5.91 Å². The number of rotatable bonds is 5. The molecule has 2 saturated heterocycles. The van der Waals surface area contributed by atoms with E-state index in [0.29, 0.717) is 30.9 Å². The third kappa shape index (κ3) is 6.84. The van der Waals surface area contributed by atoms with E-state index in [1.807, 2.05) is 4.90 Å². The fourth-order valence-electron chi connectivity index (χ4n) is 4.58. The molecule has 2 aromatic rings. The highest BCUT2D eigenvalue weighted by Crippen LogP contribution is 2.37. The van der Waals surface area contributed by atoms with Crippen molar-refractivity contribution in [3.8, 4) is 0 Å². The van der Waals surface area contributed by atoms with Gasteiger partial charge >= 0.3 is 12.4 Å². The fourth-order valence-corrected chi connectivity index (χ4v) is 6.01. The van der Waals surface area contributed by atoms with E-state index in [9.17, 15) is 39.6 Å². The number of amides is 1. The van der Waals surface area contributed by atoms with E-state index in [1.54, 1.807) is 0 Å². The fraction of sp³-hybridized carbons (Fsp3) is 0.480. The molecular formula is C25H27F6N3O4S. The Hall–Kier alpha value is -2.84.